The van der Waals surface area contributed by atoms with E-state index >= 15 is 0 Å². The second-order valence-electron chi connectivity index (χ2n) is 4.59. The van der Waals surface area contributed by atoms with Gasteiger partial charge in [0.1, 0.15) is 11.5 Å². The predicted molar refractivity (Wildman–Crippen MR) is 84.2 cm³/mol. The smallest absolute Gasteiger partial charge is 0.254 e. The van der Waals surface area contributed by atoms with E-state index in [1.165, 1.54) is 0 Å². The maximum atomic E-state index is 12.4. The summed E-state index contributed by atoms with van der Waals surface area (Å²) >= 11 is 3.24. The Labute approximate surface area is 131 Å². The van der Waals surface area contributed by atoms with Crippen molar-refractivity contribution in [2.24, 2.45) is 0 Å². The van der Waals surface area contributed by atoms with Gasteiger partial charge in [-0.1, -0.05) is 0 Å². The molecule has 1 heterocycles. The minimum atomic E-state index is -0.143. The van der Waals surface area contributed by atoms with E-state index in [1.54, 1.807) is 36.2 Å². The maximum absolute atomic E-state index is 12.4. The van der Waals surface area contributed by atoms with Crippen molar-refractivity contribution in [3.63, 3.8) is 0 Å². The highest BCUT2D eigenvalue weighted by Gasteiger charge is 2.15. The number of benzene rings is 1. The highest BCUT2D eigenvalue weighted by molar-refractivity contribution is 9.10. The number of carbonyl (C=O) groups excluding carboxylic acids is 1. The monoisotopic (exact) mass is 352 g/mol. The number of nitrogens with zero attached hydrogens (tertiary/aromatic N) is 1. The molecule has 1 aromatic carbocycles. The number of furan rings is 1. The Kier molecular flexibility index (Phi) is 4.90. The van der Waals surface area contributed by atoms with Crippen molar-refractivity contribution in [2.75, 3.05) is 19.4 Å². The summed E-state index contributed by atoms with van der Waals surface area (Å²) in [6, 6.07) is 8.64. The van der Waals surface area contributed by atoms with Gasteiger partial charge in [0.05, 0.1) is 13.2 Å². The lowest BCUT2D eigenvalue weighted by molar-refractivity contribution is 0.0774. The van der Waals surface area contributed by atoms with Gasteiger partial charge in [-0.3, -0.25) is 4.79 Å². The van der Waals surface area contributed by atoms with Gasteiger partial charge < -0.3 is 19.8 Å². The van der Waals surface area contributed by atoms with E-state index in [0.29, 0.717) is 40.6 Å². The summed E-state index contributed by atoms with van der Waals surface area (Å²) in [7, 11) is 1.71. The van der Waals surface area contributed by atoms with Crippen molar-refractivity contribution in [3.8, 4) is 5.75 Å². The maximum Gasteiger partial charge on any atom is 0.254 e. The van der Waals surface area contributed by atoms with Gasteiger partial charge in [-0.15, -0.1) is 0 Å². The van der Waals surface area contributed by atoms with Gasteiger partial charge in [0, 0.05) is 24.4 Å². The first-order valence-electron chi connectivity index (χ1n) is 6.52. The Morgan fingerprint density at radius 1 is 1.38 bits per heavy atom. The van der Waals surface area contributed by atoms with Crippen LogP contribution in [0, 0.1) is 0 Å². The Morgan fingerprint density at radius 3 is 2.76 bits per heavy atom. The van der Waals surface area contributed by atoms with Gasteiger partial charge in [0.2, 0.25) is 0 Å². The van der Waals surface area contributed by atoms with Crippen LogP contribution in [0.2, 0.25) is 0 Å². The van der Waals surface area contributed by atoms with Gasteiger partial charge in [-0.25, -0.2) is 0 Å². The second kappa shape index (κ2) is 6.67. The van der Waals surface area contributed by atoms with Crippen molar-refractivity contribution >= 4 is 27.5 Å². The SMILES string of the molecule is CCOc1cc(N)cc(C(=O)N(C)Cc2ccc(Br)o2)c1. The third-order valence-electron chi connectivity index (χ3n) is 2.86. The minimum Gasteiger partial charge on any atom is -0.494 e. The van der Waals surface area contributed by atoms with Crippen LogP contribution < -0.4 is 10.5 Å². The molecule has 21 heavy (non-hydrogen) atoms. The molecule has 0 fully saturated rings. The van der Waals surface area contributed by atoms with E-state index in [2.05, 4.69) is 15.9 Å². The van der Waals surface area contributed by atoms with Crippen LogP contribution in [0.4, 0.5) is 5.69 Å². The fraction of sp³-hybridized carbons (Fsp3) is 0.267. The van der Waals surface area contributed by atoms with Crippen molar-refractivity contribution < 1.29 is 13.9 Å². The molecule has 5 nitrogen and oxygen atoms in total. The molecule has 2 rings (SSSR count). The first kappa shape index (κ1) is 15.4. The van der Waals surface area contributed by atoms with Crippen LogP contribution in [-0.4, -0.2) is 24.5 Å². The zero-order valence-electron chi connectivity index (χ0n) is 11.9. The molecule has 2 N–H and O–H groups in total. The minimum absolute atomic E-state index is 0.143. The van der Waals surface area contributed by atoms with Crippen LogP contribution in [0.5, 0.6) is 5.75 Å². The average Bonchev–Trinajstić information content (AvgIpc) is 2.83. The summed E-state index contributed by atoms with van der Waals surface area (Å²) in [4.78, 5) is 14.0. The molecule has 1 amide bonds. The molecular weight excluding hydrogens is 336 g/mol. The molecule has 0 unspecified atom stereocenters. The molecule has 0 atom stereocenters. The molecule has 0 bridgehead atoms. The molecule has 0 radical (unpaired) electrons. The lowest BCUT2D eigenvalue weighted by atomic mass is 10.1. The average molecular weight is 353 g/mol. The molecule has 6 heteroatoms. The molecule has 0 saturated heterocycles. The van der Waals surface area contributed by atoms with Crippen molar-refractivity contribution in [2.45, 2.75) is 13.5 Å². The Hall–Kier alpha value is -1.95. The van der Waals surface area contributed by atoms with Crippen molar-refractivity contribution in [1.29, 1.82) is 0 Å². The normalized spacial score (nSPS) is 10.4. The van der Waals surface area contributed by atoms with Crippen LogP contribution in [0.3, 0.4) is 0 Å². The van der Waals surface area contributed by atoms with E-state index in [4.69, 9.17) is 14.9 Å². The number of anilines is 1. The molecule has 1 aromatic heterocycles. The number of nitrogen functional groups attached to an aromatic ring is 1. The number of hydrogen-bond donors (Lipinski definition) is 1. The molecule has 2 aromatic rings. The number of hydrogen-bond acceptors (Lipinski definition) is 4. The number of nitrogens with two attached hydrogens (primary N) is 1. The second-order valence-corrected chi connectivity index (χ2v) is 5.37. The quantitative estimate of drug-likeness (QED) is 0.838. The van der Waals surface area contributed by atoms with Crippen molar-refractivity contribution in [3.05, 3.63) is 46.3 Å². The molecule has 0 aliphatic heterocycles. The van der Waals surface area contributed by atoms with Crippen LogP contribution >= 0.6 is 15.9 Å². The summed E-state index contributed by atoms with van der Waals surface area (Å²) in [6.07, 6.45) is 0. The Balaban J connectivity index is 2.14. The van der Waals surface area contributed by atoms with E-state index in [0.717, 1.165) is 0 Å². The highest BCUT2D eigenvalue weighted by Crippen LogP contribution is 2.21. The number of rotatable bonds is 5. The van der Waals surface area contributed by atoms with Gasteiger partial charge in [0.15, 0.2) is 4.67 Å². The first-order valence-corrected chi connectivity index (χ1v) is 7.32. The van der Waals surface area contributed by atoms with Gasteiger partial charge in [-0.2, -0.15) is 0 Å². The molecule has 0 spiro atoms. The van der Waals surface area contributed by atoms with Gasteiger partial charge in [0.25, 0.3) is 5.91 Å². The lowest BCUT2D eigenvalue weighted by Crippen LogP contribution is -2.26. The fourth-order valence-electron chi connectivity index (χ4n) is 1.96. The number of ether oxygens (including phenoxy) is 1. The van der Waals surface area contributed by atoms with Gasteiger partial charge in [-0.05, 0) is 47.1 Å². The topological polar surface area (TPSA) is 68.7 Å². The number of amides is 1. The fourth-order valence-corrected chi connectivity index (χ4v) is 2.30. The van der Waals surface area contributed by atoms with E-state index in [-0.39, 0.29) is 5.91 Å². The molecular formula is C15H17BrN2O3. The molecule has 0 aliphatic carbocycles. The highest BCUT2D eigenvalue weighted by atomic mass is 79.9. The summed E-state index contributed by atoms with van der Waals surface area (Å²) in [5, 5.41) is 0. The summed E-state index contributed by atoms with van der Waals surface area (Å²) in [5.41, 5.74) is 6.80. The third-order valence-corrected chi connectivity index (χ3v) is 3.28. The molecule has 0 saturated carbocycles. The predicted octanol–water partition coefficient (Wildman–Crippen LogP) is 3.30. The van der Waals surface area contributed by atoms with Crippen molar-refractivity contribution in [1.82, 2.24) is 4.90 Å². The van der Waals surface area contributed by atoms with E-state index < -0.39 is 0 Å². The summed E-state index contributed by atoms with van der Waals surface area (Å²) in [6.45, 7) is 2.78. The standard InChI is InChI=1S/C15H17BrN2O3/c1-3-20-13-7-10(6-11(17)8-13)15(19)18(2)9-12-4-5-14(16)21-12/h4-8H,3,9,17H2,1-2H3. The van der Waals surface area contributed by atoms with E-state index in [1.807, 2.05) is 13.0 Å². The third kappa shape index (κ3) is 4.01. The summed E-state index contributed by atoms with van der Waals surface area (Å²) < 4.78 is 11.4. The first-order chi connectivity index (χ1) is 9.99. The Bertz CT molecular complexity index is 640. The van der Waals surface area contributed by atoms with Crippen LogP contribution in [-0.2, 0) is 6.54 Å². The molecule has 112 valence electrons. The van der Waals surface area contributed by atoms with E-state index in [9.17, 15) is 4.79 Å². The molecule has 0 aliphatic rings. The van der Waals surface area contributed by atoms with Gasteiger partial charge >= 0.3 is 0 Å². The Morgan fingerprint density at radius 2 is 2.14 bits per heavy atom. The number of halogens is 1. The van der Waals surface area contributed by atoms with Crippen LogP contribution in [0.1, 0.15) is 23.0 Å². The summed E-state index contributed by atoms with van der Waals surface area (Å²) in [5.74, 6) is 1.15. The zero-order chi connectivity index (χ0) is 15.4. The van der Waals surface area contributed by atoms with Crippen LogP contribution in [0.15, 0.2) is 39.4 Å². The van der Waals surface area contributed by atoms with Crippen LogP contribution in [0.25, 0.3) is 0 Å². The number of carbonyl (C=O) groups is 1. The zero-order valence-corrected chi connectivity index (χ0v) is 13.5. The lowest BCUT2D eigenvalue weighted by Gasteiger charge is -2.16. The largest absolute Gasteiger partial charge is 0.494 e.